The SMILES string of the molecule is Cc1cc(C)n2ncc(CN(C)[C@H](C)Cc3cnccn3)c2n1. The van der Waals surface area contributed by atoms with Crippen LogP contribution in [0.3, 0.4) is 0 Å². The number of fused-ring (bicyclic) bond motifs is 1. The third kappa shape index (κ3) is 3.37. The highest BCUT2D eigenvalue weighted by Crippen LogP contribution is 2.15. The van der Waals surface area contributed by atoms with Crippen LogP contribution < -0.4 is 0 Å². The summed E-state index contributed by atoms with van der Waals surface area (Å²) in [5.41, 5.74) is 5.23. The van der Waals surface area contributed by atoms with Gasteiger partial charge in [-0.05, 0) is 33.9 Å². The highest BCUT2D eigenvalue weighted by molar-refractivity contribution is 5.47. The maximum absolute atomic E-state index is 4.64. The average Bonchev–Trinajstić information content (AvgIpc) is 2.91. The zero-order valence-electron chi connectivity index (χ0n) is 14.1. The Morgan fingerprint density at radius 2 is 2.04 bits per heavy atom. The maximum atomic E-state index is 4.64. The lowest BCUT2D eigenvalue weighted by molar-refractivity contribution is 0.247. The Balaban J connectivity index is 1.76. The molecule has 0 amide bonds. The Morgan fingerprint density at radius 1 is 1.22 bits per heavy atom. The summed E-state index contributed by atoms with van der Waals surface area (Å²) < 4.78 is 1.91. The van der Waals surface area contributed by atoms with Crippen LogP contribution in [0.25, 0.3) is 5.65 Å². The van der Waals surface area contributed by atoms with Crippen molar-refractivity contribution in [2.45, 2.75) is 39.8 Å². The van der Waals surface area contributed by atoms with Crippen molar-refractivity contribution in [2.75, 3.05) is 7.05 Å². The van der Waals surface area contributed by atoms with Gasteiger partial charge in [0.15, 0.2) is 5.65 Å². The van der Waals surface area contributed by atoms with Crippen molar-refractivity contribution < 1.29 is 0 Å². The highest BCUT2D eigenvalue weighted by atomic mass is 15.3. The fraction of sp³-hybridized carbons (Fsp3) is 0.412. The number of rotatable bonds is 5. The summed E-state index contributed by atoms with van der Waals surface area (Å²) in [5.74, 6) is 0. The molecule has 0 unspecified atom stereocenters. The van der Waals surface area contributed by atoms with E-state index in [-0.39, 0.29) is 0 Å². The maximum Gasteiger partial charge on any atom is 0.159 e. The van der Waals surface area contributed by atoms with Gasteiger partial charge in [0.05, 0.1) is 11.9 Å². The van der Waals surface area contributed by atoms with Crippen molar-refractivity contribution >= 4 is 5.65 Å². The normalized spacial score (nSPS) is 12.9. The molecule has 0 aliphatic carbocycles. The topological polar surface area (TPSA) is 59.2 Å². The van der Waals surface area contributed by atoms with Crippen molar-refractivity contribution in [3.63, 3.8) is 0 Å². The van der Waals surface area contributed by atoms with E-state index in [0.29, 0.717) is 6.04 Å². The van der Waals surface area contributed by atoms with E-state index in [1.54, 1.807) is 12.4 Å². The quantitative estimate of drug-likeness (QED) is 0.723. The number of nitrogens with zero attached hydrogens (tertiary/aromatic N) is 6. The van der Waals surface area contributed by atoms with Crippen LogP contribution in [0.15, 0.2) is 30.9 Å². The molecule has 0 spiro atoms. The molecule has 0 radical (unpaired) electrons. The first-order valence-corrected chi connectivity index (χ1v) is 7.80. The van der Waals surface area contributed by atoms with Gasteiger partial charge in [-0.1, -0.05) is 0 Å². The van der Waals surface area contributed by atoms with E-state index in [1.165, 1.54) is 0 Å². The molecule has 23 heavy (non-hydrogen) atoms. The minimum atomic E-state index is 0.354. The van der Waals surface area contributed by atoms with E-state index >= 15 is 0 Å². The fourth-order valence-electron chi connectivity index (χ4n) is 2.75. The van der Waals surface area contributed by atoms with Crippen LogP contribution in [-0.2, 0) is 13.0 Å². The summed E-state index contributed by atoms with van der Waals surface area (Å²) >= 11 is 0. The Labute approximate surface area is 136 Å². The molecule has 6 nitrogen and oxygen atoms in total. The minimum Gasteiger partial charge on any atom is -0.299 e. The second kappa shape index (κ2) is 6.42. The van der Waals surface area contributed by atoms with E-state index in [1.807, 2.05) is 29.9 Å². The second-order valence-electron chi connectivity index (χ2n) is 6.11. The largest absolute Gasteiger partial charge is 0.299 e. The van der Waals surface area contributed by atoms with Crippen LogP contribution in [0.1, 0.15) is 29.6 Å². The molecular formula is C17H22N6. The van der Waals surface area contributed by atoms with Crippen molar-refractivity contribution in [1.29, 1.82) is 0 Å². The molecule has 3 heterocycles. The first-order chi connectivity index (χ1) is 11.0. The summed E-state index contributed by atoms with van der Waals surface area (Å²) in [7, 11) is 2.12. The number of hydrogen-bond acceptors (Lipinski definition) is 5. The van der Waals surface area contributed by atoms with Crippen LogP contribution in [0.2, 0.25) is 0 Å². The first kappa shape index (κ1) is 15.6. The Kier molecular flexibility index (Phi) is 4.34. The number of likely N-dealkylation sites (N-methyl/N-ethyl adjacent to an activating group) is 1. The average molecular weight is 310 g/mol. The van der Waals surface area contributed by atoms with Gasteiger partial charge in [0.1, 0.15) is 0 Å². The van der Waals surface area contributed by atoms with Gasteiger partial charge in [0, 0.05) is 54.5 Å². The molecule has 0 saturated heterocycles. The van der Waals surface area contributed by atoms with Crippen LogP contribution in [0, 0.1) is 13.8 Å². The summed E-state index contributed by atoms with van der Waals surface area (Å²) in [6, 6.07) is 2.40. The van der Waals surface area contributed by atoms with Crippen molar-refractivity contribution in [3.8, 4) is 0 Å². The van der Waals surface area contributed by atoms with Crippen LogP contribution >= 0.6 is 0 Å². The van der Waals surface area contributed by atoms with Crippen LogP contribution in [0.5, 0.6) is 0 Å². The molecule has 0 N–H and O–H groups in total. The van der Waals surface area contributed by atoms with Crippen molar-refractivity contribution in [2.24, 2.45) is 0 Å². The number of hydrogen-bond donors (Lipinski definition) is 0. The molecule has 1 atom stereocenters. The van der Waals surface area contributed by atoms with Gasteiger partial charge < -0.3 is 0 Å². The zero-order chi connectivity index (χ0) is 16.4. The molecular weight excluding hydrogens is 288 g/mol. The summed E-state index contributed by atoms with van der Waals surface area (Å²) in [5, 5.41) is 4.46. The fourth-order valence-corrected chi connectivity index (χ4v) is 2.75. The molecule has 0 bridgehead atoms. The van der Waals surface area contributed by atoms with E-state index in [9.17, 15) is 0 Å². The van der Waals surface area contributed by atoms with Gasteiger partial charge in [-0.2, -0.15) is 5.10 Å². The molecule has 120 valence electrons. The zero-order valence-corrected chi connectivity index (χ0v) is 14.1. The molecule has 6 heteroatoms. The highest BCUT2D eigenvalue weighted by Gasteiger charge is 2.15. The molecule has 3 aromatic rings. The minimum absolute atomic E-state index is 0.354. The van der Waals surface area contributed by atoms with Gasteiger partial charge in [0.25, 0.3) is 0 Å². The monoisotopic (exact) mass is 310 g/mol. The predicted octanol–water partition coefficient (Wildman–Crippen LogP) is 2.20. The molecule has 0 aliphatic heterocycles. The molecule has 3 aromatic heterocycles. The van der Waals surface area contributed by atoms with Gasteiger partial charge in [-0.25, -0.2) is 9.50 Å². The Morgan fingerprint density at radius 3 is 2.78 bits per heavy atom. The van der Waals surface area contributed by atoms with E-state index in [0.717, 1.165) is 41.3 Å². The van der Waals surface area contributed by atoms with Gasteiger partial charge in [-0.3, -0.25) is 14.9 Å². The van der Waals surface area contributed by atoms with Crippen molar-refractivity contribution in [3.05, 3.63) is 53.5 Å². The second-order valence-corrected chi connectivity index (χ2v) is 6.11. The summed E-state index contributed by atoms with van der Waals surface area (Å²) in [6.45, 7) is 7.08. The number of aryl methyl sites for hydroxylation is 2. The summed E-state index contributed by atoms with van der Waals surface area (Å²) in [4.78, 5) is 15.4. The molecule has 0 aromatic carbocycles. The predicted molar refractivity (Wildman–Crippen MR) is 89.1 cm³/mol. The molecule has 3 rings (SSSR count). The Bertz CT molecular complexity index is 795. The van der Waals surface area contributed by atoms with E-state index in [2.05, 4.69) is 45.8 Å². The first-order valence-electron chi connectivity index (χ1n) is 7.80. The smallest absolute Gasteiger partial charge is 0.159 e. The molecule has 0 aliphatic rings. The van der Waals surface area contributed by atoms with Gasteiger partial charge >= 0.3 is 0 Å². The molecule has 0 saturated carbocycles. The lowest BCUT2D eigenvalue weighted by atomic mass is 10.1. The third-order valence-corrected chi connectivity index (χ3v) is 4.14. The Hall–Kier alpha value is -2.34. The van der Waals surface area contributed by atoms with Gasteiger partial charge in [-0.15, -0.1) is 0 Å². The summed E-state index contributed by atoms with van der Waals surface area (Å²) in [6.07, 6.45) is 8.05. The van der Waals surface area contributed by atoms with Crippen molar-refractivity contribution in [1.82, 2.24) is 29.5 Å². The van der Waals surface area contributed by atoms with Crippen LogP contribution in [-0.4, -0.2) is 42.6 Å². The van der Waals surface area contributed by atoms with Crippen LogP contribution in [0.4, 0.5) is 0 Å². The lowest BCUT2D eigenvalue weighted by Gasteiger charge is -2.23. The standard InChI is InChI=1S/C17H22N6/c1-12-7-14(3)23-17(21-12)15(9-20-23)11-22(4)13(2)8-16-10-18-5-6-19-16/h5-7,9-10,13H,8,11H2,1-4H3/t13-/m1/s1. The van der Waals surface area contributed by atoms with E-state index in [4.69, 9.17) is 0 Å². The molecule has 0 fully saturated rings. The lowest BCUT2D eigenvalue weighted by Crippen LogP contribution is -2.30. The number of aromatic nitrogens is 5. The van der Waals surface area contributed by atoms with Gasteiger partial charge in [0.2, 0.25) is 0 Å². The third-order valence-electron chi connectivity index (χ3n) is 4.14. The van der Waals surface area contributed by atoms with E-state index < -0.39 is 0 Å².